The van der Waals surface area contributed by atoms with Crippen molar-refractivity contribution in [3.05, 3.63) is 32.9 Å². The lowest BCUT2D eigenvalue weighted by Gasteiger charge is -2.00. The summed E-state index contributed by atoms with van der Waals surface area (Å²) in [4.78, 5) is 27.9. The number of pyridine rings is 1. The van der Waals surface area contributed by atoms with Crippen LogP contribution < -0.4 is 5.56 Å². The maximum Gasteiger partial charge on any atom is 0.343 e. The Labute approximate surface area is 102 Å². The van der Waals surface area contributed by atoms with E-state index >= 15 is 0 Å². The molecule has 2 rings (SSSR count). The third kappa shape index (κ3) is 2.24. The van der Waals surface area contributed by atoms with Crippen molar-refractivity contribution in [1.82, 2.24) is 4.98 Å². The molecule has 90 valence electrons. The van der Waals surface area contributed by atoms with Gasteiger partial charge in [0, 0.05) is 10.3 Å². The predicted molar refractivity (Wildman–Crippen MR) is 67.8 cm³/mol. The van der Waals surface area contributed by atoms with Crippen LogP contribution in [0.1, 0.15) is 29.1 Å². The first-order valence-corrected chi connectivity index (χ1v) is 6.30. The zero-order valence-electron chi connectivity index (χ0n) is 9.70. The molecule has 0 amide bonds. The van der Waals surface area contributed by atoms with Crippen LogP contribution in [0, 0.1) is 0 Å². The Kier molecular flexibility index (Phi) is 3.28. The van der Waals surface area contributed by atoms with Gasteiger partial charge in [0.1, 0.15) is 10.4 Å². The molecule has 0 radical (unpaired) electrons. The van der Waals surface area contributed by atoms with Crippen molar-refractivity contribution in [3.63, 3.8) is 0 Å². The van der Waals surface area contributed by atoms with Gasteiger partial charge in [-0.15, -0.1) is 11.3 Å². The van der Waals surface area contributed by atoms with Gasteiger partial charge in [0.25, 0.3) is 5.56 Å². The summed E-state index contributed by atoms with van der Waals surface area (Å²) >= 11 is 1.54. The number of thiophene rings is 1. The normalized spacial score (nSPS) is 10.7. The third-order valence-electron chi connectivity index (χ3n) is 2.43. The van der Waals surface area contributed by atoms with Gasteiger partial charge >= 0.3 is 5.97 Å². The van der Waals surface area contributed by atoms with Gasteiger partial charge in [0.15, 0.2) is 0 Å². The maximum atomic E-state index is 11.7. The van der Waals surface area contributed by atoms with Crippen molar-refractivity contribution < 1.29 is 9.53 Å². The lowest BCUT2D eigenvalue weighted by molar-refractivity contribution is 0.0524. The quantitative estimate of drug-likeness (QED) is 0.852. The van der Waals surface area contributed by atoms with Gasteiger partial charge in [0.2, 0.25) is 0 Å². The van der Waals surface area contributed by atoms with Crippen LogP contribution in [0.15, 0.2) is 16.9 Å². The summed E-state index contributed by atoms with van der Waals surface area (Å²) in [6.45, 7) is 4.03. The summed E-state index contributed by atoms with van der Waals surface area (Å²) in [7, 11) is 0. The summed E-state index contributed by atoms with van der Waals surface area (Å²) in [5, 5.41) is 0.884. The zero-order valence-corrected chi connectivity index (χ0v) is 10.5. The molecule has 0 aliphatic rings. The van der Waals surface area contributed by atoms with Crippen LogP contribution in [0.4, 0.5) is 0 Å². The summed E-state index contributed by atoms with van der Waals surface area (Å²) in [5.41, 5.74) is -0.319. The van der Waals surface area contributed by atoms with Gasteiger partial charge in [0.05, 0.1) is 6.61 Å². The van der Waals surface area contributed by atoms with Crippen LogP contribution in [-0.2, 0) is 11.2 Å². The van der Waals surface area contributed by atoms with Gasteiger partial charge in [-0.2, -0.15) is 0 Å². The van der Waals surface area contributed by atoms with Crippen LogP contribution in [0.25, 0.3) is 10.2 Å². The SMILES string of the molecule is CCOC(=O)c1cc2cc(CC)sc2[nH]c1=O. The molecule has 0 bridgehead atoms. The Hall–Kier alpha value is -1.62. The molecule has 0 saturated carbocycles. The van der Waals surface area contributed by atoms with E-state index in [1.54, 1.807) is 13.0 Å². The molecule has 17 heavy (non-hydrogen) atoms. The molecule has 0 spiro atoms. The highest BCUT2D eigenvalue weighted by Gasteiger charge is 2.13. The number of ether oxygens (including phenoxy) is 1. The number of fused-ring (bicyclic) bond motifs is 1. The van der Waals surface area contributed by atoms with Gasteiger partial charge in [-0.3, -0.25) is 4.79 Å². The first-order valence-electron chi connectivity index (χ1n) is 5.48. The van der Waals surface area contributed by atoms with Gasteiger partial charge in [-0.25, -0.2) is 4.79 Å². The van der Waals surface area contributed by atoms with Gasteiger partial charge in [-0.05, 0) is 25.5 Å². The van der Waals surface area contributed by atoms with Crippen LogP contribution in [0.5, 0.6) is 0 Å². The second kappa shape index (κ2) is 4.71. The largest absolute Gasteiger partial charge is 0.462 e. The van der Waals surface area contributed by atoms with Crippen molar-refractivity contribution >= 4 is 27.5 Å². The second-order valence-electron chi connectivity index (χ2n) is 3.58. The van der Waals surface area contributed by atoms with Crippen LogP contribution >= 0.6 is 11.3 Å². The molecule has 0 unspecified atom stereocenters. The van der Waals surface area contributed by atoms with Crippen molar-refractivity contribution in [2.24, 2.45) is 0 Å². The first-order chi connectivity index (χ1) is 8.15. The molecule has 0 fully saturated rings. The van der Waals surface area contributed by atoms with E-state index in [4.69, 9.17) is 4.74 Å². The number of nitrogens with one attached hydrogen (secondary N) is 1. The highest BCUT2D eigenvalue weighted by Crippen LogP contribution is 2.23. The molecular formula is C12H13NO3S. The summed E-state index contributed by atoms with van der Waals surface area (Å²) in [6, 6.07) is 3.58. The van der Waals surface area contributed by atoms with E-state index < -0.39 is 5.97 Å². The Bertz CT molecular complexity index is 612. The summed E-state index contributed by atoms with van der Waals surface area (Å²) in [6.07, 6.45) is 0.913. The monoisotopic (exact) mass is 251 g/mol. The minimum Gasteiger partial charge on any atom is -0.462 e. The molecular weight excluding hydrogens is 238 g/mol. The number of aryl methyl sites for hydroxylation is 1. The van der Waals surface area contributed by atoms with Crippen LogP contribution in [-0.4, -0.2) is 17.6 Å². The second-order valence-corrected chi connectivity index (χ2v) is 4.72. The molecule has 2 heterocycles. The fourth-order valence-corrected chi connectivity index (χ4v) is 2.56. The van der Waals surface area contributed by atoms with E-state index in [2.05, 4.69) is 11.9 Å². The smallest absolute Gasteiger partial charge is 0.343 e. The van der Waals surface area contributed by atoms with Crippen LogP contribution in [0.3, 0.4) is 0 Å². The number of hydrogen-bond donors (Lipinski definition) is 1. The maximum absolute atomic E-state index is 11.7. The number of aromatic amines is 1. The van der Waals surface area contributed by atoms with E-state index in [9.17, 15) is 9.59 Å². The van der Waals surface area contributed by atoms with E-state index in [-0.39, 0.29) is 17.7 Å². The first kappa shape index (κ1) is 11.9. The molecule has 1 N–H and O–H groups in total. The standard InChI is InChI=1S/C12H13NO3S/c1-3-8-5-7-6-9(12(15)16-4-2)10(14)13-11(7)17-8/h5-6H,3-4H2,1-2H3,(H,13,14). The van der Waals surface area contributed by atoms with Crippen molar-refractivity contribution in [2.75, 3.05) is 6.61 Å². The molecule has 0 aromatic carbocycles. The highest BCUT2D eigenvalue weighted by atomic mass is 32.1. The number of aromatic nitrogens is 1. The number of H-pyrrole nitrogens is 1. The average Bonchev–Trinajstić information content (AvgIpc) is 2.70. The fraction of sp³-hybridized carbons (Fsp3) is 0.333. The fourth-order valence-electron chi connectivity index (χ4n) is 1.59. The Morgan fingerprint density at radius 2 is 2.18 bits per heavy atom. The summed E-state index contributed by atoms with van der Waals surface area (Å²) < 4.78 is 4.84. The molecule has 2 aromatic rings. The van der Waals surface area contributed by atoms with Gasteiger partial charge in [-0.1, -0.05) is 6.92 Å². The Balaban J connectivity index is 2.54. The Morgan fingerprint density at radius 1 is 1.41 bits per heavy atom. The molecule has 5 heteroatoms. The molecule has 0 aliphatic heterocycles. The number of esters is 1. The summed E-state index contributed by atoms with van der Waals surface area (Å²) in [5.74, 6) is -0.570. The molecule has 0 atom stereocenters. The average molecular weight is 251 g/mol. The minimum atomic E-state index is -0.570. The predicted octanol–water partition coefficient (Wildman–Crippen LogP) is 2.33. The number of hydrogen-bond acceptors (Lipinski definition) is 4. The van der Waals surface area contributed by atoms with Crippen molar-refractivity contribution in [2.45, 2.75) is 20.3 Å². The Morgan fingerprint density at radius 3 is 2.82 bits per heavy atom. The minimum absolute atomic E-state index is 0.0693. The van der Waals surface area contributed by atoms with Crippen molar-refractivity contribution in [3.8, 4) is 0 Å². The third-order valence-corrected chi connectivity index (χ3v) is 3.64. The zero-order chi connectivity index (χ0) is 12.4. The van der Waals surface area contributed by atoms with Crippen LogP contribution in [0.2, 0.25) is 0 Å². The molecule has 4 nitrogen and oxygen atoms in total. The van der Waals surface area contributed by atoms with Crippen molar-refractivity contribution in [1.29, 1.82) is 0 Å². The molecule has 2 aromatic heterocycles. The van der Waals surface area contributed by atoms with Gasteiger partial charge < -0.3 is 9.72 Å². The van der Waals surface area contributed by atoms with E-state index in [1.165, 1.54) is 16.2 Å². The lowest BCUT2D eigenvalue weighted by atomic mass is 10.2. The number of rotatable bonds is 3. The highest BCUT2D eigenvalue weighted by molar-refractivity contribution is 7.18. The van der Waals surface area contributed by atoms with E-state index in [1.807, 2.05) is 6.07 Å². The molecule has 0 saturated heterocycles. The van der Waals surface area contributed by atoms with E-state index in [0.717, 1.165) is 16.6 Å². The molecule has 0 aliphatic carbocycles. The van der Waals surface area contributed by atoms with E-state index in [0.29, 0.717) is 0 Å². The number of carbonyl (C=O) groups excluding carboxylic acids is 1. The lowest BCUT2D eigenvalue weighted by Crippen LogP contribution is -2.19. The number of carbonyl (C=O) groups is 1. The topological polar surface area (TPSA) is 59.2 Å².